The molecule has 4 rings (SSSR count). The summed E-state index contributed by atoms with van der Waals surface area (Å²) in [5.41, 5.74) is 5.48. The van der Waals surface area contributed by atoms with Crippen molar-refractivity contribution in [3.8, 4) is 0 Å². The van der Waals surface area contributed by atoms with Crippen LogP contribution in [0, 0.1) is 18.8 Å². The number of ketones is 1. The molecule has 5 heteroatoms. The van der Waals surface area contributed by atoms with Gasteiger partial charge in [-0.1, -0.05) is 43.3 Å². The van der Waals surface area contributed by atoms with Gasteiger partial charge in [-0.3, -0.25) is 9.59 Å². The van der Waals surface area contributed by atoms with E-state index in [1.165, 1.54) is 7.11 Å². The first kappa shape index (κ1) is 18.3. The van der Waals surface area contributed by atoms with Crippen LogP contribution in [-0.2, 0) is 14.3 Å². The van der Waals surface area contributed by atoms with Gasteiger partial charge in [0.05, 0.1) is 24.5 Å². The molecular weight excluding hydrogens is 352 g/mol. The second-order valence-electron chi connectivity index (χ2n) is 7.54. The van der Waals surface area contributed by atoms with Crippen LogP contribution >= 0.6 is 0 Å². The molecule has 0 fully saturated rings. The van der Waals surface area contributed by atoms with E-state index in [9.17, 15) is 9.59 Å². The van der Waals surface area contributed by atoms with Crippen molar-refractivity contribution in [2.45, 2.75) is 26.3 Å². The lowest BCUT2D eigenvalue weighted by atomic mass is 9.74. The van der Waals surface area contributed by atoms with Crippen LogP contribution < -0.4 is 10.6 Å². The number of hydrogen-bond acceptors (Lipinski definition) is 5. The van der Waals surface area contributed by atoms with Crippen LogP contribution in [0.5, 0.6) is 0 Å². The molecular formula is C23H24N2O3. The average molecular weight is 376 g/mol. The summed E-state index contributed by atoms with van der Waals surface area (Å²) in [5.74, 6) is -1.54. The summed E-state index contributed by atoms with van der Waals surface area (Å²) in [4.78, 5) is 25.9. The highest BCUT2D eigenvalue weighted by atomic mass is 16.5. The van der Waals surface area contributed by atoms with E-state index in [1.807, 2.05) is 62.4 Å². The molecule has 3 atom stereocenters. The summed E-state index contributed by atoms with van der Waals surface area (Å²) >= 11 is 0. The normalized spacial score (nSPS) is 23.7. The Balaban J connectivity index is 1.90. The number of nitrogens with one attached hydrogen (secondary N) is 2. The molecule has 0 saturated heterocycles. The lowest BCUT2D eigenvalue weighted by Crippen LogP contribution is -2.39. The van der Waals surface area contributed by atoms with Gasteiger partial charge in [0.25, 0.3) is 0 Å². The van der Waals surface area contributed by atoms with E-state index >= 15 is 0 Å². The highest BCUT2D eigenvalue weighted by Gasteiger charge is 2.44. The number of para-hydroxylation sites is 2. The van der Waals surface area contributed by atoms with Gasteiger partial charge in [0.2, 0.25) is 0 Å². The van der Waals surface area contributed by atoms with Crippen molar-refractivity contribution in [1.29, 1.82) is 0 Å². The lowest BCUT2D eigenvalue weighted by Gasteiger charge is -2.32. The van der Waals surface area contributed by atoms with Gasteiger partial charge in [0, 0.05) is 11.3 Å². The summed E-state index contributed by atoms with van der Waals surface area (Å²) in [5, 5.41) is 7.01. The van der Waals surface area contributed by atoms with Crippen molar-refractivity contribution in [2.24, 2.45) is 11.8 Å². The van der Waals surface area contributed by atoms with Crippen LogP contribution in [0.4, 0.5) is 11.4 Å². The van der Waals surface area contributed by atoms with E-state index < -0.39 is 11.9 Å². The summed E-state index contributed by atoms with van der Waals surface area (Å²) in [6, 6.07) is 15.6. The Hall–Kier alpha value is -3.08. The number of esters is 1. The molecule has 144 valence electrons. The summed E-state index contributed by atoms with van der Waals surface area (Å²) in [7, 11) is 1.34. The van der Waals surface area contributed by atoms with Crippen molar-refractivity contribution in [2.75, 3.05) is 17.7 Å². The number of Topliss-reactive ketones (excluding diaryl/α,β-unsaturated/α-hetero) is 1. The van der Waals surface area contributed by atoms with E-state index in [4.69, 9.17) is 4.74 Å². The largest absolute Gasteiger partial charge is 0.468 e. The van der Waals surface area contributed by atoms with Crippen LogP contribution in [0.25, 0.3) is 0 Å². The first-order valence-electron chi connectivity index (χ1n) is 9.54. The topological polar surface area (TPSA) is 67.4 Å². The Kier molecular flexibility index (Phi) is 4.67. The Morgan fingerprint density at radius 1 is 1.07 bits per heavy atom. The zero-order chi connectivity index (χ0) is 19.8. The smallest absolute Gasteiger partial charge is 0.316 e. The van der Waals surface area contributed by atoms with Gasteiger partial charge in [-0.25, -0.2) is 0 Å². The molecule has 0 aromatic heterocycles. The number of benzene rings is 2. The SMILES string of the molecule is COC(=O)[C@@H]1C(=O)C2=C(C[C@H]1C)Nc1ccccc1N[C@H]2c1ccccc1C. The van der Waals surface area contributed by atoms with Crippen molar-refractivity contribution in [3.63, 3.8) is 0 Å². The molecule has 28 heavy (non-hydrogen) atoms. The van der Waals surface area contributed by atoms with Gasteiger partial charge >= 0.3 is 5.97 Å². The third-order valence-corrected chi connectivity index (χ3v) is 5.72. The van der Waals surface area contributed by atoms with E-state index in [0.717, 1.165) is 28.2 Å². The van der Waals surface area contributed by atoms with E-state index in [-0.39, 0.29) is 17.7 Å². The summed E-state index contributed by atoms with van der Waals surface area (Å²) in [6.45, 7) is 3.97. The fourth-order valence-electron chi connectivity index (χ4n) is 4.28. The van der Waals surface area contributed by atoms with Crippen LogP contribution in [0.2, 0.25) is 0 Å². The van der Waals surface area contributed by atoms with E-state index in [1.54, 1.807) is 0 Å². The summed E-state index contributed by atoms with van der Waals surface area (Å²) < 4.78 is 4.94. The van der Waals surface area contributed by atoms with Gasteiger partial charge in [-0.05, 0) is 42.5 Å². The van der Waals surface area contributed by atoms with Gasteiger partial charge in [-0.2, -0.15) is 0 Å². The first-order valence-corrected chi connectivity index (χ1v) is 9.54. The summed E-state index contributed by atoms with van der Waals surface area (Å²) in [6.07, 6.45) is 0.610. The Morgan fingerprint density at radius 2 is 1.75 bits per heavy atom. The molecule has 5 nitrogen and oxygen atoms in total. The third kappa shape index (κ3) is 2.97. The van der Waals surface area contributed by atoms with Crippen LogP contribution in [0.1, 0.15) is 30.5 Å². The molecule has 0 saturated carbocycles. The quantitative estimate of drug-likeness (QED) is 0.607. The number of hydrogen-bond donors (Lipinski definition) is 2. The van der Waals surface area contributed by atoms with Crippen molar-refractivity contribution < 1.29 is 14.3 Å². The fourth-order valence-corrected chi connectivity index (χ4v) is 4.28. The average Bonchev–Trinajstić information content (AvgIpc) is 2.84. The molecule has 2 aromatic rings. The van der Waals surface area contributed by atoms with Crippen molar-refractivity contribution in [3.05, 3.63) is 70.9 Å². The number of aryl methyl sites for hydroxylation is 1. The maximum Gasteiger partial charge on any atom is 0.316 e. The van der Waals surface area contributed by atoms with Gasteiger partial charge < -0.3 is 15.4 Å². The zero-order valence-corrected chi connectivity index (χ0v) is 16.3. The highest BCUT2D eigenvalue weighted by molar-refractivity contribution is 6.11. The maximum atomic E-state index is 13.5. The molecule has 2 N–H and O–H groups in total. The zero-order valence-electron chi connectivity index (χ0n) is 16.3. The minimum Gasteiger partial charge on any atom is -0.468 e. The highest BCUT2D eigenvalue weighted by Crippen LogP contribution is 2.44. The molecule has 0 radical (unpaired) electrons. The molecule has 0 unspecified atom stereocenters. The van der Waals surface area contributed by atoms with Crippen LogP contribution in [-0.4, -0.2) is 18.9 Å². The van der Waals surface area contributed by atoms with Gasteiger partial charge in [0.1, 0.15) is 5.92 Å². The standard InChI is InChI=1S/C23H24N2O3/c1-13-8-4-5-9-15(13)21-20-18(24-16-10-6-7-11-17(16)25-21)12-14(2)19(22(20)26)23(27)28-3/h4-11,14,19,21,24-25H,12H2,1-3H3/t14-,19+,21+/m1/s1. The molecule has 1 heterocycles. The number of methoxy groups -OCH3 is 1. The van der Waals surface area contributed by atoms with Crippen molar-refractivity contribution in [1.82, 2.24) is 0 Å². The molecule has 1 aliphatic heterocycles. The lowest BCUT2D eigenvalue weighted by molar-refractivity contribution is -0.151. The van der Waals surface area contributed by atoms with E-state index in [2.05, 4.69) is 10.6 Å². The molecule has 0 bridgehead atoms. The van der Waals surface area contributed by atoms with Crippen LogP contribution in [0.15, 0.2) is 59.8 Å². The van der Waals surface area contributed by atoms with E-state index in [0.29, 0.717) is 12.0 Å². The number of carbonyl (C=O) groups is 2. The predicted octanol–water partition coefficient (Wildman–Crippen LogP) is 4.23. The molecule has 2 aliphatic rings. The molecule has 0 amide bonds. The predicted molar refractivity (Wildman–Crippen MR) is 109 cm³/mol. The molecule has 1 aliphatic carbocycles. The third-order valence-electron chi connectivity index (χ3n) is 5.72. The minimum atomic E-state index is -0.778. The molecule has 0 spiro atoms. The Labute approximate surface area is 164 Å². The monoisotopic (exact) mass is 376 g/mol. The first-order chi connectivity index (χ1) is 13.5. The maximum absolute atomic E-state index is 13.5. The van der Waals surface area contributed by atoms with Gasteiger partial charge in [0.15, 0.2) is 5.78 Å². The second-order valence-corrected chi connectivity index (χ2v) is 7.54. The number of fused-ring (bicyclic) bond motifs is 1. The second kappa shape index (κ2) is 7.15. The number of anilines is 2. The number of allylic oxidation sites excluding steroid dienone is 1. The number of ether oxygens (including phenoxy) is 1. The fraction of sp³-hybridized carbons (Fsp3) is 0.304. The molecule has 2 aromatic carbocycles. The number of carbonyl (C=O) groups excluding carboxylic acids is 2. The minimum absolute atomic E-state index is 0.131. The van der Waals surface area contributed by atoms with Crippen molar-refractivity contribution >= 4 is 23.1 Å². The van der Waals surface area contributed by atoms with Gasteiger partial charge in [-0.15, -0.1) is 0 Å². The Morgan fingerprint density at radius 3 is 2.46 bits per heavy atom. The van der Waals surface area contributed by atoms with Crippen LogP contribution in [0.3, 0.4) is 0 Å². The Bertz CT molecular complexity index is 979. The number of rotatable bonds is 2.